The Labute approximate surface area is 179 Å². The molecule has 3 rings (SSSR count). The van der Waals surface area contributed by atoms with Gasteiger partial charge in [0.05, 0.1) is 25.3 Å². The summed E-state index contributed by atoms with van der Waals surface area (Å²) in [6, 6.07) is 14.9. The predicted octanol–water partition coefficient (Wildman–Crippen LogP) is 2.76. The van der Waals surface area contributed by atoms with Gasteiger partial charge >= 0.3 is 5.69 Å². The standard InChI is InChI=1S/C21H25N5O3S/c1-15(2)30-19-10-4-16(5-11-19)14-20(27)22-17-6-8-18(9-7-17)26-21(28)25(23-24-26)12-13-29-3/h4-11,15H,12-14H2,1-3H3,(H,22,27). The van der Waals surface area contributed by atoms with Crippen molar-refractivity contribution in [2.75, 3.05) is 19.0 Å². The summed E-state index contributed by atoms with van der Waals surface area (Å²) < 4.78 is 7.40. The Morgan fingerprint density at radius 3 is 2.43 bits per heavy atom. The molecule has 0 unspecified atom stereocenters. The van der Waals surface area contributed by atoms with E-state index in [4.69, 9.17) is 4.74 Å². The quantitative estimate of drug-likeness (QED) is 0.528. The summed E-state index contributed by atoms with van der Waals surface area (Å²) in [6.07, 6.45) is 0.293. The lowest BCUT2D eigenvalue weighted by atomic mass is 10.1. The van der Waals surface area contributed by atoms with Crippen LogP contribution >= 0.6 is 11.8 Å². The van der Waals surface area contributed by atoms with Crippen molar-refractivity contribution in [2.45, 2.75) is 37.0 Å². The number of tetrazole rings is 1. The zero-order chi connectivity index (χ0) is 21.5. The number of rotatable bonds is 9. The van der Waals surface area contributed by atoms with Crippen molar-refractivity contribution >= 4 is 23.4 Å². The van der Waals surface area contributed by atoms with Gasteiger partial charge in [-0.25, -0.2) is 4.79 Å². The number of carbonyl (C=O) groups is 1. The molecule has 2 aromatic carbocycles. The number of hydrogen-bond acceptors (Lipinski definition) is 6. The highest BCUT2D eigenvalue weighted by atomic mass is 32.2. The fraction of sp³-hybridized carbons (Fsp3) is 0.333. The van der Waals surface area contributed by atoms with E-state index in [2.05, 4.69) is 29.6 Å². The van der Waals surface area contributed by atoms with Crippen LogP contribution in [-0.4, -0.2) is 44.7 Å². The molecule has 0 aliphatic carbocycles. The van der Waals surface area contributed by atoms with Crippen LogP contribution in [0.1, 0.15) is 19.4 Å². The number of nitrogens with zero attached hydrogens (tertiary/aromatic N) is 4. The molecule has 30 heavy (non-hydrogen) atoms. The van der Waals surface area contributed by atoms with Gasteiger partial charge in [-0.3, -0.25) is 4.79 Å². The average Bonchev–Trinajstić information content (AvgIpc) is 3.08. The van der Waals surface area contributed by atoms with E-state index in [9.17, 15) is 9.59 Å². The number of hydrogen-bond donors (Lipinski definition) is 1. The number of nitrogens with one attached hydrogen (secondary N) is 1. The van der Waals surface area contributed by atoms with Gasteiger partial charge in [-0.05, 0) is 52.4 Å². The van der Waals surface area contributed by atoms with Crippen molar-refractivity contribution in [3.63, 3.8) is 0 Å². The molecule has 0 aliphatic heterocycles. The van der Waals surface area contributed by atoms with E-state index in [1.807, 2.05) is 24.3 Å². The van der Waals surface area contributed by atoms with Gasteiger partial charge in [0, 0.05) is 22.9 Å². The van der Waals surface area contributed by atoms with E-state index in [-0.39, 0.29) is 11.6 Å². The maximum Gasteiger partial charge on any atom is 0.368 e. The van der Waals surface area contributed by atoms with Gasteiger partial charge in [-0.1, -0.05) is 26.0 Å². The first-order chi connectivity index (χ1) is 14.5. The van der Waals surface area contributed by atoms with E-state index in [1.165, 1.54) is 14.3 Å². The molecule has 1 heterocycles. The summed E-state index contributed by atoms with van der Waals surface area (Å²) in [5.74, 6) is -0.102. The number of amides is 1. The monoisotopic (exact) mass is 427 g/mol. The van der Waals surface area contributed by atoms with Gasteiger partial charge in [0.2, 0.25) is 5.91 Å². The fourth-order valence-corrected chi connectivity index (χ4v) is 3.63. The first-order valence-electron chi connectivity index (χ1n) is 9.64. The van der Waals surface area contributed by atoms with Crippen molar-refractivity contribution in [3.05, 3.63) is 64.6 Å². The zero-order valence-corrected chi connectivity index (χ0v) is 18.1. The SMILES string of the molecule is COCCn1nnn(-c2ccc(NC(=O)Cc3ccc(SC(C)C)cc3)cc2)c1=O. The lowest BCUT2D eigenvalue weighted by molar-refractivity contribution is -0.115. The summed E-state index contributed by atoms with van der Waals surface area (Å²) in [4.78, 5) is 25.8. The van der Waals surface area contributed by atoms with Crippen LogP contribution in [0.5, 0.6) is 0 Å². The molecule has 0 fully saturated rings. The Morgan fingerprint density at radius 1 is 1.10 bits per heavy atom. The molecule has 158 valence electrons. The molecule has 0 radical (unpaired) electrons. The lowest BCUT2D eigenvalue weighted by Crippen LogP contribution is -2.25. The second kappa shape index (κ2) is 10.2. The lowest BCUT2D eigenvalue weighted by Gasteiger charge is -2.08. The second-order valence-corrected chi connectivity index (χ2v) is 8.62. The summed E-state index contributed by atoms with van der Waals surface area (Å²) in [6.45, 7) is 5.01. The van der Waals surface area contributed by atoms with Gasteiger partial charge in [0.25, 0.3) is 0 Å². The zero-order valence-electron chi connectivity index (χ0n) is 17.2. The van der Waals surface area contributed by atoms with Gasteiger partial charge in [-0.2, -0.15) is 9.36 Å². The van der Waals surface area contributed by atoms with Crippen molar-refractivity contribution in [1.82, 2.24) is 19.8 Å². The molecular weight excluding hydrogens is 402 g/mol. The summed E-state index contributed by atoms with van der Waals surface area (Å²) >= 11 is 1.79. The van der Waals surface area contributed by atoms with Crippen molar-refractivity contribution < 1.29 is 9.53 Å². The molecule has 1 amide bonds. The topological polar surface area (TPSA) is 91.0 Å². The van der Waals surface area contributed by atoms with Crippen molar-refractivity contribution in [1.29, 1.82) is 0 Å². The summed E-state index contributed by atoms with van der Waals surface area (Å²) in [7, 11) is 1.56. The van der Waals surface area contributed by atoms with Crippen LogP contribution in [-0.2, 0) is 22.5 Å². The Morgan fingerprint density at radius 2 is 1.80 bits per heavy atom. The normalized spacial score (nSPS) is 11.1. The van der Waals surface area contributed by atoms with Gasteiger partial charge in [-0.15, -0.1) is 11.8 Å². The summed E-state index contributed by atoms with van der Waals surface area (Å²) in [5.41, 5.74) is 1.83. The maximum atomic E-state index is 12.3. The average molecular weight is 428 g/mol. The Hall–Kier alpha value is -2.91. The van der Waals surface area contributed by atoms with Crippen molar-refractivity contribution in [3.8, 4) is 5.69 Å². The number of aromatic nitrogens is 4. The Bertz CT molecular complexity index is 1030. The van der Waals surface area contributed by atoms with Crippen LogP contribution in [0.2, 0.25) is 0 Å². The number of thioether (sulfide) groups is 1. The Balaban J connectivity index is 1.59. The molecule has 0 atom stereocenters. The van der Waals surface area contributed by atoms with Crippen LogP contribution < -0.4 is 11.0 Å². The summed E-state index contributed by atoms with van der Waals surface area (Å²) in [5, 5.41) is 11.1. The number of methoxy groups -OCH3 is 1. The van der Waals surface area contributed by atoms with Crippen LogP contribution in [0.4, 0.5) is 5.69 Å². The molecule has 0 saturated heterocycles. The molecule has 0 aliphatic rings. The van der Waals surface area contributed by atoms with Crippen LogP contribution in [0.15, 0.2) is 58.2 Å². The van der Waals surface area contributed by atoms with Crippen molar-refractivity contribution in [2.24, 2.45) is 0 Å². The van der Waals surface area contributed by atoms with Gasteiger partial charge in [0.15, 0.2) is 0 Å². The largest absolute Gasteiger partial charge is 0.383 e. The van der Waals surface area contributed by atoms with Gasteiger partial charge < -0.3 is 10.1 Å². The number of anilines is 1. The van der Waals surface area contributed by atoms with Crippen LogP contribution in [0.25, 0.3) is 5.69 Å². The van der Waals surface area contributed by atoms with E-state index in [0.717, 1.165) is 5.56 Å². The molecule has 0 spiro atoms. The van der Waals surface area contributed by atoms with E-state index in [0.29, 0.717) is 36.2 Å². The second-order valence-electron chi connectivity index (χ2n) is 6.97. The molecule has 9 heteroatoms. The number of ether oxygens (including phenoxy) is 1. The molecule has 3 aromatic rings. The van der Waals surface area contributed by atoms with E-state index < -0.39 is 0 Å². The molecule has 0 saturated carbocycles. The first kappa shape index (κ1) is 21.8. The number of carbonyl (C=O) groups excluding carboxylic acids is 1. The molecule has 1 aromatic heterocycles. The maximum absolute atomic E-state index is 12.3. The Kier molecular flexibility index (Phi) is 7.42. The molecular formula is C21H25N5O3S. The van der Waals surface area contributed by atoms with Crippen LogP contribution in [0.3, 0.4) is 0 Å². The van der Waals surface area contributed by atoms with E-state index >= 15 is 0 Å². The molecule has 0 bridgehead atoms. The minimum absolute atomic E-state index is 0.102. The highest BCUT2D eigenvalue weighted by Gasteiger charge is 2.10. The fourth-order valence-electron chi connectivity index (χ4n) is 2.79. The third-order valence-corrected chi connectivity index (χ3v) is 5.22. The first-order valence-corrected chi connectivity index (χ1v) is 10.5. The smallest absolute Gasteiger partial charge is 0.368 e. The van der Waals surface area contributed by atoms with Crippen LogP contribution in [0, 0.1) is 0 Å². The highest BCUT2D eigenvalue weighted by Crippen LogP contribution is 2.23. The number of benzene rings is 2. The third-order valence-electron chi connectivity index (χ3n) is 4.20. The van der Waals surface area contributed by atoms with Gasteiger partial charge in [0.1, 0.15) is 0 Å². The molecule has 1 N–H and O–H groups in total. The highest BCUT2D eigenvalue weighted by molar-refractivity contribution is 7.99. The third kappa shape index (κ3) is 5.80. The minimum Gasteiger partial charge on any atom is -0.383 e. The predicted molar refractivity (Wildman–Crippen MR) is 117 cm³/mol. The molecule has 8 nitrogen and oxygen atoms in total. The van der Waals surface area contributed by atoms with E-state index in [1.54, 1.807) is 43.1 Å². The minimum atomic E-state index is -0.345.